The number of rotatable bonds is 1. The van der Waals surface area contributed by atoms with Gasteiger partial charge in [-0.05, 0) is 0 Å². The van der Waals surface area contributed by atoms with E-state index in [0.29, 0.717) is 18.7 Å². The molecular weight excluding hydrogens is 258 g/mol. The molecule has 1 aliphatic carbocycles. The fourth-order valence-corrected chi connectivity index (χ4v) is 2.34. The summed E-state index contributed by atoms with van der Waals surface area (Å²) in [5.41, 5.74) is 1.39. The van der Waals surface area contributed by atoms with E-state index >= 15 is 0 Å². The van der Waals surface area contributed by atoms with E-state index < -0.39 is 0 Å². The molecule has 0 aromatic carbocycles. The van der Waals surface area contributed by atoms with Gasteiger partial charge in [-0.2, -0.15) is 0 Å². The highest BCUT2D eigenvalue weighted by Gasteiger charge is 2.24. The van der Waals surface area contributed by atoms with Gasteiger partial charge in [0, 0.05) is 5.92 Å². The number of carbonyl (C=O) groups excluding carboxylic acids is 1. The highest BCUT2D eigenvalue weighted by Crippen LogP contribution is 2.23. The van der Waals surface area contributed by atoms with E-state index in [1.165, 1.54) is 7.11 Å². The number of hydrogen-bond donors (Lipinski definition) is 0. The number of esters is 1. The first kappa shape index (κ1) is 12.8. The number of ether oxygens (including phenoxy) is 2. The van der Waals surface area contributed by atoms with Gasteiger partial charge in [-0.15, -0.1) is 5.10 Å². The van der Waals surface area contributed by atoms with Crippen molar-refractivity contribution in [1.29, 1.82) is 0 Å². The standard InChI is InChI=1S/C14H15N3O3/c1-19-14(18)11-6-10-4-2-3-5-13(10)20-9-12-7-15-16-17(12)8-11/h2-7,10,13H,8-9H2,1H3/b11-6+. The van der Waals surface area contributed by atoms with Crippen LogP contribution in [0.1, 0.15) is 5.69 Å². The minimum atomic E-state index is -0.352. The van der Waals surface area contributed by atoms with Crippen LogP contribution in [0.3, 0.4) is 0 Å². The predicted octanol–water partition coefficient (Wildman–Crippen LogP) is 1.02. The first-order valence-corrected chi connectivity index (χ1v) is 6.41. The predicted molar refractivity (Wildman–Crippen MR) is 70.5 cm³/mol. The molecule has 0 bridgehead atoms. The molecule has 3 rings (SSSR count). The van der Waals surface area contributed by atoms with Gasteiger partial charge >= 0.3 is 5.97 Å². The SMILES string of the molecule is COC(=O)/C1=C/C2C=CC=CC2OCc2cnnn2C1. The molecule has 1 aromatic heterocycles. The lowest BCUT2D eigenvalue weighted by Crippen LogP contribution is -2.21. The Morgan fingerprint density at radius 3 is 3.15 bits per heavy atom. The van der Waals surface area contributed by atoms with E-state index in [-0.39, 0.29) is 18.0 Å². The molecule has 1 aromatic rings. The zero-order valence-electron chi connectivity index (χ0n) is 11.1. The van der Waals surface area contributed by atoms with E-state index in [1.54, 1.807) is 10.9 Å². The highest BCUT2D eigenvalue weighted by atomic mass is 16.5. The van der Waals surface area contributed by atoms with Gasteiger partial charge in [0.2, 0.25) is 0 Å². The maximum atomic E-state index is 11.9. The lowest BCUT2D eigenvalue weighted by Gasteiger charge is -2.21. The van der Waals surface area contributed by atoms with Crippen molar-refractivity contribution in [3.8, 4) is 0 Å². The van der Waals surface area contributed by atoms with Crippen molar-refractivity contribution in [3.63, 3.8) is 0 Å². The van der Waals surface area contributed by atoms with Gasteiger partial charge in [0.15, 0.2) is 0 Å². The van der Waals surface area contributed by atoms with Crippen LogP contribution in [0.2, 0.25) is 0 Å². The van der Waals surface area contributed by atoms with Crippen LogP contribution in [0.5, 0.6) is 0 Å². The first-order valence-electron chi connectivity index (χ1n) is 6.41. The Morgan fingerprint density at radius 2 is 2.30 bits per heavy atom. The Bertz CT molecular complexity index is 601. The topological polar surface area (TPSA) is 66.2 Å². The molecule has 2 atom stereocenters. The summed E-state index contributed by atoms with van der Waals surface area (Å²) in [6.45, 7) is 0.751. The molecule has 0 amide bonds. The van der Waals surface area contributed by atoms with Gasteiger partial charge in [0.1, 0.15) is 0 Å². The summed E-state index contributed by atoms with van der Waals surface area (Å²) in [5.74, 6) is -0.332. The third-order valence-corrected chi connectivity index (χ3v) is 3.41. The number of aromatic nitrogens is 3. The second kappa shape index (κ2) is 5.42. The molecule has 0 saturated carbocycles. The Morgan fingerprint density at radius 1 is 1.45 bits per heavy atom. The Kier molecular flexibility index (Phi) is 3.47. The average molecular weight is 273 g/mol. The number of allylic oxidation sites excluding steroid dienone is 2. The molecule has 0 fully saturated rings. The van der Waals surface area contributed by atoms with E-state index in [2.05, 4.69) is 10.3 Å². The van der Waals surface area contributed by atoms with Crippen LogP contribution in [0.25, 0.3) is 0 Å². The van der Waals surface area contributed by atoms with Crippen molar-refractivity contribution in [2.75, 3.05) is 7.11 Å². The summed E-state index contributed by atoms with van der Waals surface area (Å²) in [7, 11) is 1.38. The van der Waals surface area contributed by atoms with Crippen molar-refractivity contribution >= 4 is 5.97 Å². The summed E-state index contributed by atoms with van der Waals surface area (Å²) < 4.78 is 12.4. The van der Waals surface area contributed by atoms with Crippen molar-refractivity contribution in [1.82, 2.24) is 15.0 Å². The van der Waals surface area contributed by atoms with E-state index in [9.17, 15) is 4.79 Å². The summed E-state index contributed by atoms with van der Waals surface area (Å²) in [6, 6.07) is 0. The smallest absolute Gasteiger partial charge is 0.335 e. The molecule has 2 heterocycles. The van der Waals surface area contributed by atoms with Crippen molar-refractivity contribution in [3.05, 3.63) is 47.8 Å². The van der Waals surface area contributed by atoms with Crippen molar-refractivity contribution in [2.24, 2.45) is 5.92 Å². The number of carbonyl (C=O) groups is 1. The van der Waals surface area contributed by atoms with Crippen LogP contribution in [0.15, 0.2) is 42.2 Å². The Balaban J connectivity index is 1.99. The molecule has 0 spiro atoms. The van der Waals surface area contributed by atoms with Crippen molar-refractivity contribution < 1.29 is 14.3 Å². The molecule has 0 radical (unpaired) electrons. The molecule has 20 heavy (non-hydrogen) atoms. The molecule has 1 aliphatic heterocycles. The van der Waals surface area contributed by atoms with E-state index in [4.69, 9.17) is 9.47 Å². The second-order valence-electron chi connectivity index (χ2n) is 4.69. The van der Waals surface area contributed by atoms with Gasteiger partial charge in [0.25, 0.3) is 0 Å². The molecule has 104 valence electrons. The molecule has 6 heteroatoms. The molecular formula is C14H15N3O3. The molecule has 6 nitrogen and oxygen atoms in total. The zero-order valence-corrected chi connectivity index (χ0v) is 11.1. The number of methoxy groups -OCH3 is 1. The van der Waals surface area contributed by atoms with Gasteiger partial charge < -0.3 is 9.47 Å². The van der Waals surface area contributed by atoms with Crippen LogP contribution in [-0.4, -0.2) is 34.2 Å². The van der Waals surface area contributed by atoms with Crippen LogP contribution >= 0.6 is 0 Å². The Hall–Kier alpha value is -2.21. The monoisotopic (exact) mass is 273 g/mol. The summed E-state index contributed by atoms with van der Waals surface area (Å²) >= 11 is 0. The lowest BCUT2D eigenvalue weighted by atomic mass is 9.95. The summed E-state index contributed by atoms with van der Waals surface area (Å²) in [6.07, 6.45) is 11.3. The third-order valence-electron chi connectivity index (χ3n) is 3.41. The van der Waals surface area contributed by atoms with Gasteiger partial charge in [-0.1, -0.05) is 35.6 Å². The minimum absolute atomic E-state index is 0.0201. The minimum Gasteiger partial charge on any atom is -0.466 e. The molecule has 0 saturated heterocycles. The van der Waals surface area contributed by atoms with Gasteiger partial charge in [-0.3, -0.25) is 0 Å². The summed E-state index contributed by atoms with van der Waals surface area (Å²) in [5, 5.41) is 7.85. The van der Waals surface area contributed by atoms with E-state index in [1.807, 2.05) is 30.4 Å². The lowest BCUT2D eigenvalue weighted by molar-refractivity contribution is -0.136. The fourth-order valence-electron chi connectivity index (χ4n) is 2.34. The van der Waals surface area contributed by atoms with Crippen LogP contribution in [0, 0.1) is 5.92 Å². The number of hydrogen-bond acceptors (Lipinski definition) is 5. The van der Waals surface area contributed by atoms with Gasteiger partial charge in [-0.25, -0.2) is 9.48 Å². The highest BCUT2D eigenvalue weighted by molar-refractivity contribution is 5.88. The largest absolute Gasteiger partial charge is 0.466 e. The second-order valence-corrected chi connectivity index (χ2v) is 4.69. The maximum absolute atomic E-state index is 11.9. The molecule has 2 aliphatic rings. The van der Waals surface area contributed by atoms with Gasteiger partial charge in [0.05, 0.1) is 43.8 Å². The number of nitrogens with zero attached hydrogens (tertiary/aromatic N) is 3. The fraction of sp³-hybridized carbons (Fsp3) is 0.357. The number of fused-ring (bicyclic) bond motifs is 2. The molecule has 0 N–H and O–H groups in total. The quantitative estimate of drug-likeness (QED) is 0.715. The molecule has 2 unspecified atom stereocenters. The van der Waals surface area contributed by atoms with Crippen molar-refractivity contribution in [2.45, 2.75) is 19.3 Å². The van der Waals surface area contributed by atoms with Crippen LogP contribution < -0.4 is 0 Å². The van der Waals surface area contributed by atoms with Crippen LogP contribution in [-0.2, 0) is 27.4 Å². The zero-order chi connectivity index (χ0) is 13.9. The normalized spacial score (nSPS) is 27.4. The maximum Gasteiger partial charge on any atom is 0.335 e. The van der Waals surface area contributed by atoms with Crippen LogP contribution in [0.4, 0.5) is 0 Å². The summed E-state index contributed by atoms with van der Waals surface area (Å²) in [4.78, 5) is 11.9. The van der Waals surface area contributed by atoms with E-state index in [0.717, 1.165) is 5.69 Å². The first-order chi connectivity index (χ1) is 9.78. The Labute approximate surface area is 116 Å². The average Bonchev–Trinajstić information content (AvgIpc) is 2.93. The third kappa shape index (κ3) is 2.42.